The molecule has 0 bridgehead atoms. The van der Waals surface area contributed by atoms with Crippen molar-refractivity contribution in [2.45, 2.75) is 6.42 Å². The Kier molecular flexibility index (Phi) is 6.56. The molecule has 3 aromatic carbocycles. The minimum absolute atomic E-state index is 0.245. The molecule has 4 rings (SSSR count). The molecule has 4 N–H and O–H groups in total. The van der Waals surface area contributed by atoms with Crippen LogP contribution in [0.3, 0.4) is 0 Å². The van der Waals surface area contributed by atoms with Crippen molar-refractivity contribution in [3.63, 3.8) is 0 Å². The van der Waals surface area contributed by atoms with E-state index in [1.807, 2.05) is 26.2 Å². The van der Waals surface area contributed by atoms with Gasteiger partial charge in [0.1, 0.15) is 0 Å². The van der Waals surface area contributed by atoms with Crippen molar-refractivity contribution in [2.75, 3.05) is 31.3 Å². The Labute approximate surface area is 198 Å². The number of likely N-dealkylation sites (N-methyl/N-ethyl adjacent to an activating group) is 1. The van der Waals surface area contributed by atoms with Gasteiger partial charge in [-0.1, -0.05) is 36.4 Å². The van der Waals surface area contributed by atoms with Crippen molar-refractivity contribution in [1.29, 1.82) is 0 Å². The maximum absolute atomic E-state index is 12.9. The minimum atomic E-state index is -0.596. The van der Waals surface area contributed by atoms with Gasteiger partial charge >= 0.3 is 0 Å². The van der Waals surface area contributed by atoms with Gasteiger partial charge in [0.05, 0.1) is 5.57 Å². The van der Waals surface area contributed by atoms with E-state index in [1.54, 1.807) is 42.6 Å². The monoisotopic (exact) mass is 454 g/mol. The number of amides is 2. The maximum Gasteiger partial charge on any atom is 0.257 e. The number of rotatable bonds is 8. The van der Waals surface area contributed by atoms with Gasteiger partial charge in [0.25, 0.3) is 5.91 Å². The third kappa shape index (κ3) is 5.05. The van der Waals surface area contributed by atoms with Crippen LogP contribution >= 0.6 is 0 Å². The van der Waals surface area contributed by atoms with Crippen LogP contribution in [0.2, 0.25) is 0 Å². The molecule has 1 heterocycles. The van der Waals surface area contributed by atoms with E-state index in [0.29, 0.717) is 28.0 Å². The van der Waals surface area contributed by atoms with Crippen molar-refractivity contribution >= 4 is 34.5 Å². The number of hydrogen-bond acceptors (Lipinski definition) is 5. The number of ketones is 1. The molecule has 0 radical (unpaired) electrons. The number of benzene rings is 3. The first-order chi connectivity index (χ1) is 16.3. The van der Waals surface area contributed by atoms with Gasteiger partial charge in [0.2, 0.25) is 5.91 Å². The number of primary amides is 1. The average molecular weight is 455 g/mol. The highest BCUT2D eigenvalue weighted by Crippen LogP contribution is 2.33. The minimum Gasteiger partial charge on any atom is -0.366 e. The Morgan fingerprint density at radius 3 is 2.38 bits per heavy atom. The largest absolute Gasteiger partial charge is 0.366 e. The van der Waals surface area contributed by atoms with Gasteiger partial charge in [0, 0.05) is 46.4 Å². The van der Waals surface area contributed by atoms with Crippen molar-refractivity contribution in [3.8, 4) is 0 Å². The van der Waals surface area contributed by atoms with Gasteiger partial charge in [-0.2, -0.15) is 0 Å². The number of fused-ring (bicyclic) bond motifs is 1. The molecular formula is C27H26N4O3. The van der Waals surface area contributed by atoms with E-state index in [9.17, 15) is 14.4 Å². The van der Waals surface area contributed by atoms with Crippen LogP contribution in [0.5, 0.6) is 0 Å². The number of nitrogens with one attached hydrogen (secondary N) is 2. The van der Waals surface area contributed by atoms with Crippen molar-refractivity contribution in [1.82, 2.24) is 4.90 Å². The number of anilines is 2. The molecule has 0 spiro atoms. The number of hydrogen-bond donors (Lipinski definition) is 3. The molecule has 34 heavy (non-hydrogen) atoms. The van der Waals surface area contributed by atoms with Crippen LogP contribution in [-0.4, -0.2) is 43.1 Å². The zero-order chi connectivity index (χ0) is 24.2. The lowest BCUT2D eigenvalue weighted by Gasteiger charge is -2.09. The zero-order valence-corrected chi connectivity index (χ0v) is 19.1. The summed E-state index contributed by atoms with van der Waals surface area (Å²) in [5.41, 5.74) is 10.2. The van der Waals surface area contributed by atoms with Crippen LogP contribution in [0.1, 0.15) is 37.4 Å². The number of nitrogens with two attached hydrogens (primary N) is 1. The Morgan fingerprint density at radius 2 is 1.68 bits per heavy atom. The summed E-state index contributed by atoms with van der Waals surface area (Å²) >= 11 is 0. The Balaban J connectivity index is 1.51. The normalized spacial score (nSPS) is 13.6. The second-order valence-electron chi connectivity index (χ2n) is 8.44. The second-order valence-corrected chi connectivity index (χ2v) is 8.44. The van der Waals surface area contributed by atoms with E-state index in [1.165, 1.54) is 11.6 Å². The number of nitrogens with zero attached hydrogens (tertiary/aromatic N) is 1. The number of carbonyl (C=O) groups is 3. The average Bonchev–Trinajstić information content (AvgIpc) is 3.15. The molecule has 0 aliphatic carbocycles. The van der Waals surface area contributed by atoms with Gasteiger partial charge in [-0.25, -0.2) is 0 Å². The summed E-state index contributed by atoms with van der Waals surface area (Å²) in [7, 11) is 4.10. The topological polar surface area (TPSA) is 105 Å². The summed E-state index contributed by atoms with van der Waals surface area (Å²) in [5.74, 6) is -1.10. The summed E-state index contributed by atoms with van der Waals surface area (Å²) in [6.07, 6.45) is 2.64. The van der Waals surface area contributed by atoms with Gasteiger partial charge in [-0.3, -0.25) is 14.4 Å². The van der Waals surface area contributed by atoms with Crippen molar-refractivity contribution in [3.05, 3.63) is 101 Å². The third-order valence-electron chi connectivity index (χ3n) is 5.66. The summed E-state index contributed by atoms with van der Waals surface area (Å²) in [6, 6.07) is 19.4. The molecule has 0 unspecified atom stereocenters. The van der Waals surface area contributed by atoms with Crippen LogP contribution in [0.15, 0.2) is 72.9 Å². The van der Waals surface area contributed by atoms with E-state index < -0.39 is 5.91 Å². The Bertz CT molecular complexity index is 1290. The molecule has 0 saturated heterocycles. The Morgan fingerprint density at radius 1 is 0.971 bits per heavy atom. The third-order valence-corrected chi connectivity index (χ3v) is 5.66. The van der Waals surface area contributed by atoms with Gasteiger partial charge in [-0.05, 0) is 56.4 Å². The van der Waals surface area contributed by atoms with Crippen LogP contribution in [0, 0.1) is 0 Å². The van der Waals surface area contributed by atoms with Crippen LogP contribution in [-0.2, 0) is 11.2 Å². The van der Waals surface area contributed by atoms with Crippen molar-refractivity contribution < 1.29 is 14.4 Å². The van der Waals surface area contributed by atoms with Crippen LogP contribution in [0.25, 0.3) is 5.57 Å². The quantitative estimate of drug-likeness (QED) is 0.357. The zero-order valence-electron chi connectivity index (χ0n) is 19.1. The lowest BCUT2D eigenvalue weighted by molar-refractivity contribution is -0.110. The fourth-order valence-electron chi connectivity index (χ4n) is 3.74. The lowest BCUT2D eigenvalue weighted by atomic mass is 9.98. The van der Waals surface area contributed by atoms with E-state index in [2.05, 4.69) is 27.7 Å². The van der Waals surface area contributed by atoms with Crippen molar-refractivity contribution in [2.24, 2.45) is 5.73 Å². The first-order valence-corrected chi connectivity index (χ1v) is 10.9. The molecule has 0 saturated carbocycles. The highest BCUT2D eigenvalue weighted by molar-refractivity contribution is 6.32. The standard InChI is InChI=1S/C27H26N4O3/c1-31(2)13-12-17-6-9-21(10-7-17)29-16-23-22-11-8-19(15-24(22)30-27(23)34)25(32)18-4-3-5-20(14-18)26(28)33/h3-11,14-16,29H,12-13H2,1-2H3,(H2,28,33)(H,30,34). The molecule has 2 amide bonds. The predicted molar refractivity (Wildman–Crippen MR) is 134 cm³/mol. The Hall–Kier alpha value is -4.23. The first-order valence-electron chi connectivity index (χ1n) is 10.9. The molecule has 172 valence electrons. The molecule has 7 nitrogen and oxygen atoms in total. The predicted octanol–water partition coefficient (Wildman–Crippen LogP) is 3.53. The molecule has 3 aromatic rings. The van der Waals surface area contributed by atoms with Crippen LogP contribution < -0.4 is 16.4 Å². The molecule has 0 atom stereocenters. The first kappa shape index (κ1) is 22.9. The van der Waals surface area contributed by atoms with Gasteiger partial charge in [-0.15, -0.1) is 0 Å². The molecular weight excluding hydrogens is 428 g/mol. The van der Waals surface area contributed by atoms with Gasteiger partial charge < -0.3 is 21.3 Å². The van der Waals surface area contributed by atoms with Gasteiger partial charge in [0.15, 0.2) is 5.78 Å². The molecule has 7 heteroatoms. The fraction of sp³-hybridized carbons (Fsp3) is 0.148. The summed E-state index contributed by atoms with van der Waals surface area (Å²) in [4.78, 5) is 39.0. The SMILES string of the molecule is CN(C)CCc1ccc(NC=C2C(=O)Nc3cc(C(=O)c4cccc(C(N)=O)c4)ccc32)cc1. The lowest BCUT2D eigenvalue weighted by Crippen LogP contribution is -2.14. The highest BCUT2D eigenvalue weighted by Gasteiger charge is 2.25. The highest BCUT2D eigenvalue weighted by atomic mass is 16.2. The molecule has 0 aromatic heterocycles. The van der Waals surface area contributed by atoms with E-state index in [-0.39, 0.29) is 17.3 Å². The van der Waals surface area contributed by atoms with E-state index in [4.69, 9.17) is 5.73 Å². The molecule has 0 fully saturated rings. The summed E-state index contributed by atoms with van der Waals surface area (Å²) in [6.45, 7) is 0.981. The smallest absolute Gasteiger partial charge is 0.257 e. The molecule has 1 aliphatic rings. The number of carbonyl (C=O) groups excluding carboxylic acids is 3. The maximum atomic E-state index is 12.9. The second kappa shape index (κ2) is 9.72. The summed E-state index contributed by atoms with van der Waals surface area (Å²) in [5, 5.41) is 6.00. The fourth-order valence-corrected chi connectivity index (χ4v) is 3.74. The summed E-state index contributed by atoms with van der Waals surface area (Å²) < 4.78 is 0. The molecule has 1 aliphatic heterocycles. The van der Waals surface area contributed by atoms with Crippen LogP contribution in [0.4, 0.5) is 11.4 Å². The van der Waals surface area contributed by atoms with E-state index >= 15 is 0 Å². The van der Waals surface area contributed by atoms with E-state index in [0.717, 1.165) is 18.7 Å².